The van der Waals surface area contributed by atoms with E-state index in [9.17, 15) is 26.8 Å². The van der Waals surface area contributed by atoms with Crippen LogP contribution in [-0.4, -0.2) is 106 Å². The number of nitrogens with one attached hydrogen (secondary N) is 2. The van der Waals surface area contributed by atoms with E-state index in [0.717, 1.165) is 17.0 Å². The van der Waals surface area contributed by atoms with E-state index in [1.165, 1.54) is 43.6 Å². The van der Waals surface area contributed by atoms with Crippen molar-refractivity contribution in [1.82, 2.24) is 19.9 Å². The minimum Gasteiger partial charge on any atom is -0.467 e. The Labute approximate surface area is 412 Å². The highest BCUT2D eigenvalue weighted by Gasteiger charge is 2.20. The van der Waals surface area contributed by atoms with E-state index in [0.29, 0.717) is 104 Å². The fraction of sp³-hybridized carbons (Fsp3) is 0.192. The highest BCUT2D eigenvalue weighted by atomic mass is 32.2. The second-order valence-corrected chi connectivity index (χ2v) is 18.3. The Balaban J connectivity index is 0.000000178. The van der Waals surface area contributed by atoms with Gasteiger partial charge in [-0.05, 0) is 60.7 Å². The van der Waals surface area contributed by atoms with Crippen LogP contribution in [0.2, 0.25) is 0 Å². The number of nitrogens with zero attached hydrogens (tertiary/aromatic N) is 6. The average Bonchev–Trinajstić information content (AvgIpc) is 3.40. The zero-order chi connectivity index (χ0) is 50.2. The molecule has 2 aliphatic heterocycles. The van der Waals surface area contributed by atoms with Gasteiger partial charge in [0.15, 0.2) is 0 Å². The summed E-state index contributed by atoms with van der Waals surface area (Å²) in [5, 5.41) is 8.32. The van der Waals surface area contributed by atoms with E-state index >= 15 is 0 Å². The van der Waals surface area contributed by atoms with Gasteiger partial charge in [-0.3, -0.25) is 9.59 Å². The molecule has 2 saturated heterocycles. The number of aromatic nitrogens is 4. The summed E-state index contributed by atoms with van der Waals surface area (Å²) in [5.41, 5.74) is 2.80. The first-order chi connectivity index (χ1) is 34.9. The number of amides is 2. The Hall–Kier alpha value is -8.33. The number of sulfone groups is 1. The summed E-state index contributed by atoms with van der Waals surface area (Å²) in [4.78, 5) is 46.1. The first-order valence-corrected chi connectivity index (χ1v) is 24.5. The van der Waals surface area contributed by atoms with Crippen LogP contribution in [0.3, 0.4) is 0 Å². The van der Waals surface area contributed by atoms with Crippen LogP contribution >= 0.6 is 0 Å². The molecule has 0 unspecified atom stereocenters. The summed E-state index contributed by atoms with van der Waals surface area (Å²) in [6, 6.07) is 33.5. The molecule has 0 atom stereocenters. The summed E-state index contributed by atoms with van der Waals surface area (Å²) >= 11 is 0. The van der Waals surface area contributed by atoms with Crippen molar-refractivity contribution in [2.75, 3.05) is 86.4 Å². The topological polar surface area (TPSA) is 197 Å². The molecule has 2 aliphatic rings. The lowest BCUT2D eigenvalue weighted by Gasteiger charge is -2.29. The minimum atomic E-state index is -3.61. The standard InChI is InChI=1S/C26H23FN4O5S.C26H23FN4O4/c1-37(33,34)26-28-9-8-24(30-26)36-23-7-6-22(20-4-2-3-5-21(20)23)29-25(32)17-14-18(27)16-19(15-17)31-10-12-35-13-11-31;1-33-26-28-9-8-24(30-26)35-23-7-6-22(20-4-2-3-5-21(20)23)29-25(32)17-14-18(27)16-19(15-17)31-10-12-34-13-11-31/h2-9,14-16H,10-13H2,1H3,(H,29,32);2-9,14-16H,10-13H2,1H3,(H,29,32). The molecule has 0 saturated carbocycles. The van der Waals surface area contributed by atoms with Crippen molar-refractivity contribution >= 4 is 65.9 Å². The molecule has 0 aliphatic carbocycles. The van der Waals surface area contributed by atoms with Gasteiger partial charge in [0.05, 0.1) is 33.5 Å². The lowest BCUT2D eigenvalue weighted by Crippen LogP contribution is -2.36. The molecule has 72 heavy (non-hydrogen) atoms. The number of morpholine rings is 2. The van der Waals surface area contributed by atoms with Crippen molar-refractivity contribution in [3.8, 4) is 29.3 Å². The van der Waals surface area contributed by atoms with Gasteiger partial charge in [0.25, 0.3) is 11.8 Å². The number of rotatable bonds is 12. The number of carbonyl (C=O) groups excluding carboxylic acids is 2. The highest BCUT2D eigenvalue weighted by Crippen LogP contribution is 2.36. The second kappa shape index (κ2) is 21.8. The van der Waals surface area contributed by atoms with Crippen LogP contribution in [-0.2, 0) is 19.3 Å². The van der Waals surface area contributed by atoms with Crippen molar-refractivity contribution in [2.24, 2.45) is 0 Å². The van der Waals surface area contributed by atoms with Crippen LogP contribution in [0.1, 0.15) is 20.7 Å². The fourth-order valence-electron chi connectivity index (χ4n) is 8.01. The van der Waals surface area contributed by atoms with Gasteiger partial charge < -0.3 is 44.1 Å². The van der Waals surface area contributed by atoms with Crippen molar-refractivity contribution in [2.45, 2.75) is 5.16 Å². The maximum absolute atomic E-state index is 14.4. The first-order valence-electron chi connectivity index (χ1n) is 22.6. The number of carbonyl (C=O) groups is 2. The zero-order valence-electron chi connectivity index (χ0n) is 38.9. The Morgan fingerprint density at radius 3 is 1.49 bits per heavy atom. The molecule has 4 heterocycles. The van der Waals surface area contributed by atoms with Gasteiger partial charge in [-0.25, -0.2) is 27.2 Å². The normalized spacial score (nSPS) is 13.7. The van der Waals surface area contributed by atoms with Gasteiger partial charge in [-0.2, -0.15) is 9.97 Å². The van der Waals surface area contributed by atoms with Crippen LogP contribution in [0.25, 0.3) is 21.5 Å². The molecule has 10 rings (SSSR count). The van der Waals surface area contributed by atoms with E-state index in [1.54, 1.807) is 54.7 Å². The summed E-state index contributed by atoms with van der Waals surface area (Å²) in [6.45, 7) is 4.76. The quantitative estimate of drug-likeness (QED) is 0.110. The van der Waals surface area contributed by atoms with E-state index in [-0.39, 0.29) is 28.2 Å². The number of halogens is 2. The largest absolute Gasteiger partial charge is 0.467 e. The lowest BCUT2D eigenvalue weighted by molar-refractivity contribution is 0.101. The molecule has 2 N–H and O–H groups in total. The van der Waals surface area contributed by atoms with Gasteiger partial charge in [0.2, 0.25) is 26.8 Å². The van der Waals surface area contributed by atoms with Crippen LogP contribution in [0.4, 0.5) is 31.5 Å². The first kappa shape index (κ1) is 48.7. The number of anilines is 4. The molecule has 0 spiro atoms. The molecule has 0 radical (unpaired) electrons. The minimum absolute atomic E-state index is 0.0627. The molecule has 0 bridgehead atoms. The summed E-state index contributed by atoms with van der Waals surface area (Å²) in [7, 11) is -2.13. The molecule has 20 heteroatoms. The lowest BCUT2D eigenvalue weighted by atomic mass is 10.1. The Kier molecular flexibility index (Phi) is 14.7. The summed E-state index contributed by atoms with van der Waals surface area (Å²) in [6.07, 6.45) is 3.86. The van der Waals surface area contributed by atoms with Gasteiger partial charge >= 0.3 is 6.01 Å². The smallest absolute Gasteiger partial charge is 0.319 e. The number of methoxy groups -OCH3 is 1. The van der Waals surface area contributed by atoms with Gasteiger partial charge in [0.1, 0.15) is 23.1 Å². The molecule has 2 fully saturated rings. The Morgan fingerprint density at radius 2 is 1.03 bits per heavy atom. The Bertz CT molecular complexity index is 3410. The molecule has 2 aromatic heterocycles. The van der Waals surface area contributed by atoms with Gasteiger partial charge in [-0.1, -0.05) is 48.5 Å². The molecule has 8 aromatic rings. The number of benzene rings is 6. The summed E-state index contributed by atoms with van der Waals surface area (Å²) < 4.78 is 80.0. The highest BCUT2D eigenvalue weighted by molar-refractivity contribution is 7.90. The Morgan fingerprint density at radius 1 is 0.583 bits per heavy atom. The third-order valence-corrected chi connectivity index (χ3v) is 12.3. The van der Waals surface area contributed by atoms with Gasteiger partial charge in [0, 0.05) is 112 Å². The van der Waals surface area contributed by atoms with Crippen LogP contribution in [0.5, 0.6) is 29.3 Å². The zero-order valence-corrected chi connectivity index (χ0v) is 39.7. The van der Waals surface area contributed by atoms with Crippen molar-refractivity contribution in [1.29, 1.82) is 0 Å². The predicted octanol–water partition coefficient (Wildman–Crippen LogP) is 8.71. The van der Waals surface area contributed by atoms with Crippen LogP contribution in [0, 0.1) is 11.6 Å². The number of hydrogen-bond donors (Lipinski definition) is 2. The van der Waals surface area contributed by atoms with Crippen LogP contribution < -0.4 is 34.6 Å². The fourth-order valence-corrected chi connectivity index (χ4v) is 8.52. The number of ether oxygens (including phenoxy) is 5. The number of fused-ring (bicyclic) bond motifs is 2. The molecule has 6 aromatic carbocycles. The van der Waals surface area contributed by atoms with Crippen molar-refractivity contribution < 1.29 is 50.5 Å². The molecular formula is C52H46F2N8O9S. The maximum Gasteiger partial charge on any atom is 0.319 e. The predicted molar refractivity (Wildman–Crippen MR) is 267 cm³/mol. The van der Waals surface area contributed by atoms with Crippen molar-refractivity contribution in [3.63, 3.8) is 0 Å². The van der Waals surface area contributed by atoms with Crippen LogP contribution in [0.15, 0.2) is 139 Å². The molecule has 2 amide bonds. The van der Waals surface area contributed by atoms with E-state index in [2.05, 4.69) is 30.6 Å². The van der Waals surface area contributed by atoms with E-state index in [1.807, 2.05) is 52.3 Å². The van der Waals surface area contributed by atoms with E-state index in [4.69, 9.17) is 23.7 Å². The molecule has 368 valence electrons. The van der Waals surface area contributed by atoms with Gasteiger partial charge in [-0.15, -0.1) is 0 Å². The molecular weight excluding hydrogens is 951 g/mol. The third-order valence-electron chi connectivity index (χ3n) is 11.5. The SMILES string of the molecule is COc1nccc(Oc2ccc(NC(=O)c3cc(F)cc(N4CCOCC4)c3)c3ccccc23)n1.CS(=O)(=O)c1nccc(Oc2ccc(NC(=O)c3cc(F)cc(N4CCOCC4)c3)c3ccccc23)n1. The number of hydrogen-bond acceptors (Lipinski definition) is 15. The second-order valence-electron chi connectivity index (χ2n) is 16.4. The molecule has 17 nitrogen and oxygen atoms in total. The third kappa shape index (κ3) is 11.6. The average molecular weight is 997 g/mol. The maximum atomic E-state index is 14.4. The summed E-state index contributed by atoms with van der Waals surface area (Å²) in [5.74, 6) is -0.470. The monoisotopic (exact) mass is 996 g/mol. The van der Waals surface area contributed by atoms with E-state index < -0.39 is 33.3 Å². The van der Waals surface area contributed by atoms with Crippen molar-refractivity contribution in [3.05, 3.63) is 156 Å².